The zero-order valence-corrected chi connectivity index (χ0v) is 12.0. The summed E-state index contributed by atoms with van der Waals surface area (Å²) in [6, 6.07) is 26.3. The second-order valence-corrected chi connectivity index (χ2v) is 5.30. The van der Waals surface area contributed by atoms with Crippen LogP contribution in [0.15, 0.2) is 78.9 Å². The molecule has 0 radical (unpaired) electrons. The van der Waals surface area contributed by atoms with Crippen LogP contribution in [-0.4, -0.2) is 5.11 Å². The highest BCUT2D eigenvalue weighted by atomic mass is 16.3. The molecule has 0 saturated heterocycles. The summed E-state index contributed by atoms with van der Waals surface area (Å²) in [7, 11) is 0. The quantitative estimate of drug-likeness (QED) is 0.731. The predicted octanol–water partition coefficient (Wildman–Crippen LogP) is 4.74. The molecule has 0 aromatic heterocycles. The molecular weight excluding hydrogens is 256 g/mol. The van der Waals surface area contributed by atoms with Gasteiger partial charge in [-0.25, -0.2) is 0 Å². The molecule has 0 fully saturated rings. The van der Waals surface area contributed by atoms with Crippen molar-refractivity contribution in [3.63, 3.8) is 0 Å². The van der Waals surface area contributed by atoms with Crippen LogP contribution in [0.25, 0.3) is 11.1 Å². The molecule has 0 aliphatic rings. The van der Waals surface area contributed by atoms with Crippen molar-refractivity contribution in [1.29, 1.82) is 0 Å². The topological polar surface area (TPSA) is 20.2 Å². The number of rotatable bonds is 3. The fourth-order valence-electron chi connectivity index (χ4n) is 2.51. The van der Waals surface area contributed by atoms with Crippen molar-refractivity contribution in [2.75, 3.05) is 0 Å². The van der Waals surface area contributed by atoms with E-state index < -0.39 is 6.10 Å². The van der Waals surface area contributed by atoms with Crippen molar-refractivity contribution in [2.45, 2.75) is 13.0 Å². The Hall–Kier alpha value is -2.38. The first-order valence-corrected chi connectivity index (χ1v) is 7.14. The molecule has 0 amide bonds. The Bertz CT molecular complexity index is 714. The molecule has 3 aromatic rings. The third kappa shape index (κ3) is 3.04. The Morgan fingerprint density at radius 3 is 2.00 bits per heavy atom. The Balaban J connectivity index is 1.88. The smallest absolute Gasteiger partial charge is 0.104 e. The molecule has 0 heterocycles. The predicted molar refractivity (Wildman–Crippen MR) is 87.1 cm³/mol. The first-order chi connectivity index (χ1) is 10.2. The number of aliphatic hydroxyl groups excluding tert-OH is 1. The van der Waals surface area contributed by atoms with Crippen LogP contribution >= 0.6 is 0 Å². The summed E-state index contributed by atoms with van der Waals surface area (Å²) in [4.78, 5) is 0. The molecule has 1 heteroatoms. The SMILES string of the molecule is Cc1cccc(-c2ccc(C(O)c3ccccc3)cc2)c1. The van der Waals surface area contributed by atoms with Gasteiger partial charge in [0.2, 0.25) is 0 Å². The van der Waals surface area contributed by atoms with Crippen molar-refractivity contribution in [3.05, 3.63) is 95.6 Å². The monoisotopic (exact) mass is 274 g/mol. The number of aliphatic hydroxyl groups is 1. The second-order valence-electron chi connectivity index (χ2n) is 5.30. The molecule has 0 saturated carbocycles. The van der Waals surface area contributed by atoms with Gasteiger partial charge in [-0.05, 0) is 29.2 Å². The Morgan fingerprint density at radius 2 is 1.33 bits per heavy atom. The van der Waals surface area contributed by atoms with E-state index in [1.807, 2.05) is 42.5 Å². The summed E-state index contributed by atoms with van der Waals surface area (Å²) in [5.41, 5.74) is 5.46. The van der Waals surface area contributed by atoms with Crippen LogP contribution in [0.5, 0.6) is 0 Å². The minimum atomic E-state index is -0.572. The highest BCUT2D eigenvalue weighted by Crippen LogP contribution is 2.25. The standard InChI is InChI=1S/C20H18O/c1-15-6-5-9-19(14-15)16-10-12-18(13-11-16)20(21)17-7-3-2-4-8-17/h2-14,20-21H,1H3. The Kier molecular flexibility index (Phi) is 3.85. The van der Waals surface area contributed by atoms with Crippen LogP contribution in [0.2, 0.25) is 0 Å². The summed E-state index contributed by atoms with van der Waals surface area (Å²) in [6.45, 7) is 2.09. The van der Waals surface area contributed by atoms with E-state index in [2.05, 4.69) is 43.3 Å². The van der Waals surface area contributed by atoms with Gasteiger partial charge in [0.1, 0.15) is 6.10 Å². The maximum atomic E-state index is 10.4. The van der Waals surface area contributed by atoms with Gasteiger partial charge in [-0.3, -0.25) is 0 Å². The molecule has 104 valence electrons. The van der Waals surface area contributed by atoms with Crippen LogP contribution in [0, 0.1) is 6.92 Å². The summed E-state index contributed by atoms with van der Waals surface area (Å²) in [6.07, 6.45) is -0.572. The van der Waals surface area contributed by atoms with Gasteiger partial charge in [-0.1, -0.05) is 84.4 Å². The lowest BCUT2D eigenvalue weighted by Crippen LogP contribution is -1.98. The molecule has 1 atom stereocenters. The third-order valence-electron chi connectivity index (χ3n) is 3.69. The van der Waals surface area contributed by atoms with Crippen LogP contribution in [-0.2, 0) is 0 Å². The minimum Gasteiger partial charge on any atom is -0.384 e. The average molecular weight is 274 g/mol. The molecule has 1 N–H and O–H groups in total. The molecule has 0 aliphatic carbocycles. The van der Waals surface area contributed by atoms with E-state index in [-0.39, 0.29) is 0 Å². The molecule has 3 aromatic carbocycles. The van der Waals surface area contributed by atoms with Crippen LogP contribution < -0.4 is 0 Å². The zero-order chi connectivity index (χ0) is 14.7. The Labute approximate surface area is 125 Å². The molecule has 1 unspecified atom stereocenters. The van der Waals surface area contributed by atoms with Gasteiger partial charge in [-0.15, -0.1) is 0 Å². The first kappa shape index (κ1) is 13.6. The number of hydrogen-bond acceptors (Lipinski definition) is 1. The summed E-state index contributed by atoms with van der Waals surface area (Å²) < 4.78 is 0. The lowest BCUT2D eigenvalue weighted by molar-refractivity contribution is 0.220. The molecule has 0 bridgehead atoms. The third-order valence-corrected chi connectivity index (χ3v) is 3.69. The first-order valence-electron chi connectivity index (χ1n) is 7.14. The largest absolute Gasteiger partial charge is 0.384 e. The minimum absolute atomic E-state index is 0.572. The summed E-state index contributed by atoms with van der Waals surface area (Å²) in [5, 5.41) is 10.4. The van der Waals surface area contributed by atoms with Gasteiger partial charge in [-0.2, -0.15) is 0 Å². The van der Waals surface area contributed by atoms with E-state index in [0.717, 1.165) is 11.1 Å². The van der Waals surface area contributed by atoms with Gasteiger partial charge in [0.25, 0.3) is 0 Å². The van der Waals surface area contributed by atoms with Gasteiger partial charge >= 0.3 is 0 Å². The van der Waals surface area contributed by atoms with Crippen molar-refractivity contribution in [2.24, 2.45) is 0 Å². The van der Waals surface area contributed by atoms with E-state index in [1.54, 1.807) is 0 Å². The molecule has 0 aliphatic heterocycles. The van der Waals surface area contributed by atoms with Crippen molar-refractivity contribution < 1.29 is 5.11 Å². The fourth-order valence-corrected chi connectivity index (χ4v) is 2.51. The van der Waals surface area contributed by atoms with Crippen LogP contribution in [0.3, 0.4) is 0 Å². The lowest BCUT2D eigenvalue weighted by Gasteiger charge is -2.12. The molecular formula is C20H18O. The second kappa shape index (κ2) is 5.94. The van der Waals surface area contributed by atoms with Gasteiger partial charge in [0.15, 0.2) is 0 Å². The van der Waals surface area contributed by atoms with E-state index in [1.165, 1.54) is 16.7 Å². The highest BCUT2D eigenvalue weighted by Gasteiger charge is 2.09. The number of benzene rings is 3. The van der Waals surface area contributed by atoms with Crippen molar-refractivity contribution in [3.8, 4) is 11.1 Å². The molecule has 21 heavy (non-hydrogen) atoms. The van der Waals surface area contributed by atoms with Crippen LogP contribution in [0.1, 0.15) is 22.8 Å². The summed E-state index contributed by atoms with van der Waals surface area (Å²) in [5.74, 6) is 0. The molecule has 0 spiro atoms. The highest BCUT2D eigenvalue weighted by molar-refractivity contribution is 5.64. The van der Waals surface area contributed by atoms with E-state index in [4.69, 9.17) is 0 Å². The molecule has 3 rings (SSSR count). The average Bonchev–Trinajstić information content (AvgIpc) is 2.55. The Morgan fingerprint density at radius 1 is 0.667 bits per heavy atom. The van der Waals surface area contributed by atoms with Crippen molar-refractivity contribution >= 4 is 0 Å². The molecule has 1 nitrogen and oxygen atoms in total. The lowest BCUT2D eigenvalue weighted by atomic mass is 9.98. The van der Waals surface area contributed by atoms with Gasteiger partial charge in [0.05, 0.1) is 0 Å². The van der Waals surface area contributed by atoms with Crippen LogP contribution in [0.4, 0.5) is 0 Å². The fraction of sp³-hybridized carbons (Fsp3) is 0.100. The van der Waals surface area contributed by atoms with E-state index >= 15 is 0 Å². The summed E-state index contributed by atoms with van der Waals surface area (Å²) >= 11 is 0. The number of hydrogen-bond donors (Lipinski definition) is 1. The van der Waals surface area contributed by atoms with E-state index in [0.29, 0.717) is 0 Å². The van der Waals surface area contributed by atoms with E-state index in [9.17, 15) is 5.11 Å². The van der Waals surface area contributed by atoms with Gasteiger partial charge < -0.3 is 5.11 Å². The van der Waals surface area contributed by atoms with Gasteiger partial charge in [0, 0.05) is 0 Å². The van der Waals surface area contributed by atoms with Crippen molar-refractivity contribution in [1.82, 2.24) is 0 Å². The normalized spacial score (nSPS) is 12.1. The maximum Gasteiger partial charge on any atom is 0.104 e. The maximum absolute atomic E-state index is 10.4. The number of aryl methyl sites for hydroxylation is 1. The zero-order valence-electron chi connectivity index (χ0n) is 12.0.